The number of benzene rings is 1. The van der Waals surface area contributed by atoms with Crippen molar-refractivity contribution >= 4 is 15.6 Å². The first kappa shape index (κ1) is 12.3. The average molecular weight is 253 g/mol. The summed E-state index contributed by atoms with van der Waals surface area (Å²) in [5, 5.41) is 0. The second-order valence-electron chi connectivity index (χ2n) is 4.41. The number of ketones is 1. The molecule has 4 nitrogen and oxygen atoms in total. The minimum atomic E-state index is -3.20. The van der Waals surface area contributed by atoms with Crippen LogP contribution in [0.3, 0.4) is 0 Å². The van der Waals surface area contributed by atoms with Crippen LogP contribution >= 0.6 is 0 Å². The summed E-state index contributed by atoms with van der Waals surface area (Å²) in [4.78, 5) is 12.1. The summed E-state index contributed by atoms with van der Waals surface area (Å²) in [6.07, 6.45) is 1.42. The molecule has 5 heteroatoms. The largest absolute Gasteiger partial charge is 0.319 e. The normalized spacial score (nSPS) is 17.8. The van der Waals surface area contributed by atoms with Gasteiger partial charge in [0.25, 0.3) is 0 Å². The van der Waals surface area contributed by atoms with E-state index in [4.69, 9.17) is 5.73 Å². The lowest BCUT2D eigenvalue weighted by Gasteiger charge is -2.08. The number of Topliss-reactive ketones (excluding diaryl/α,β-unsaturated/α-hetero) is 1. The summed E-state index contributed by atoms with van der Waals surface area (Å²) < 4.78 is 23.2. The summed E-state index contributed by atoms with van der Waals surface area (Å²) >= 11 is 0. The van der Waals surface area contributed by atoms with Gasteiger partial charge in [-0.05, 0) is 25.0 Å². The Morgan fingerprint density at radius 2 is 1.82 bits per heavy atom. The van der Waals surface area contributed by atoms with Gasteiger partial charge in [0.15, 0.2) is 15.6 Å². The Balaban J connectivity index is 2.28. The predicted octanol–water partition coefficient (Wildman–Crippen LogP) is 1.15. The van der Waals surface area contributed by atoms with Crippen LogP contribution in [0.25, 0.3) is 0 Å². The minimum Gasteiger partial charge on any atom is -0.319 e. The molecule has 0 radical (unpaired) electrons. The lowest BCUT2D eigenvalue weighted by atomic mass is 10.0. The molecule has 0 unspecified atom stereocenters. The minimum absolute atomic E-state index is 0.0567. The molecule has 0 amide bonds. The van der Waals surface area contributed by atoms with Crippen molar-refractivity contribution in [1.82, 2.24) is 0 Å². The zero-order valence-corrected chi connectivity index (χ0v) is 10.5. The summed E-state index contributed by atoms with van der Waals surface area (Å²) in [7, 11) is -3.20. The van der Waals surface area contributed by atoms with E-state index in [0.717, 1.165) is 0 Å². The molecule has 1 aromatic carbocycles. The van der Waals surface area contributed by atoms with Crippen LogP contribution in [-0.2, 0) is 9.84 Å². The van der Waals surface area contributed by atoms with Crippen LogP contribution in [0.15, 0.2) is 29.2 Å². The number of carbonyl (C=O) groups excluding carboxylic acids is 1. The number of sulfone groups is 1. The monoisotopic (exact) mass is 253 g/mol. The van der Waals surface area contributed by atoms with Crippen molar-refractivity contribution in [1.29, 1.82) is 0 Å². The lowest BCUT2D eigenvalue weighted by molar-refractivity contribution is 0.0949. The average Bonchev–Trinajstić information content (AvgIpc) is 3.08. The highest BCUT2D eigenvalue weighted by molar-refractivity contribution is 7.91. The van der Waals surface area contributed by atoms with Crippen molar-refractivity contribution in [2.24, 2.45) is 5.73 Å². The highest BCUT2D eigenvalue weighted by atomic mass is 32.2. The van der Waals surface area contributed by atoms with Gasteiger partial charge in [0.2, 0.25) is 0 Å². The van der Waals surface area contributed by atoms with Crippen molar-refractivity contribution < 1.29 is 13.2 Å². The van der Waals surface area contributed by atoms with Gasteiger partial charge in [0.05, 0.1) is 16.2 Å². The number of hydrogen-bond acceptors (Lipinski definition) is 4. The highest BCUT2D eigenvalue weighted by Gasteiger charge is 2.45. The van der Waals surface area contributed by atoms with Gasteiger partial charge in [-0.15, -0.1) is 0 Å². The fourth-order valence-electron chi connectivity index (χ4n) is 1.63. The number of nitrogens with two attached hydrogens (primary N) is 1. The molecule has 0 spiro atoms. The Bertz CT molecular complexity index is 542. The Morgan fingerprint density at radius 3 is 2.24 bits per heavy atom. The Morgan fingerprint density at radius 1 is 1.29 bits per heavy atom. The van der Waals surface area contributed by atoms with Gasteiger partial charge in [-0.25, -0.2) is 8.42 Å². The van der Waals surface area contributed by atoms with E-state index in [-0.39, 0.29) is 16.4 Å². The van der Waals surface area contributed by atoms with Crippen LogP contribution in [0.5, 0.6) is 0 Å². The smallest absolute Gasteiger partial charge is 0.182 e. The van der Waals surface area contributed by atoms with Crippen LogP contribution in [0.4, 0.5) is 0 Å². The zero-order chi connectivity index (χ0) is 12.7. The van der Waals surface area contributed by atoms with E-state index in [1.807, 2.05) is 0 Å². The molecule has 0 aromatic heterocycles. The molecule has 0 aliphatic heterocycles. The van der Waals surface area contributed by atoms with Crippen LogP contribution in [0, 0.1) is 0 Å². The predicted molar refractivity (Wildman–Crippen MR) is 64.7 cm³/mol. The molecule has 2 rings (SSSR count). The summed E-state index contributed by atoms with van der Waals surface area (Å²) in [5.41, 5.74) is 5.59. The molecule has 0 heterocycles. The van der Waals surface area contributed by atoms with Gasteiger partial charge in [-0.3, -0.25) is 4.79 Å². The first-order valence-corrected chi connectivity index (χ1v) is 7.21. The molecular weight excluding hydrogens is 238 g/mol. The van der Waals surface area contributed by atoms with Crippen LogP contribution in [0.1, 0.15) is 30.1 Å². The lowest BCUT2D eigenvalue weighted by Crippen LogP contribution is -2.32. The van der Waals surface area contributed by atoms with Gasteiger partial charge >= 0.3 is 0 Å². The van der Waals surface area contributed by atoms with Crippen molar-refractivity contribution in [3.05, 3.63) is 29.8 Å². The summed E-state index contributed by atoms with van der Waals surface area (Å²) in [5.74, 6) is -0.0425. The van der Waals surface area contributed by atoms with Gasteiger partial charge in [-0.1, -0.05) is 19.1 Å². The van der Waals surface area contributed by atoms with Crippen LogP contribution in [0.2, 0.25) is 0 Å². The Kier molecular flexibility index (Phi) is 2.83. The molecule has 1 fully saturated rings. The second kappa shape index (κ2) is 3.92. The van der Waals surface area contributed by atoms with Crippen molar-refractivity contribution in [3.63, 3.8) is 0 Å². The first-order valence-electron chi connectivity index (χ1n) is 5.55. The number of rotatable bonds is 4. The van der Waals surface area contributed by atoms with Crippen molar-refractivity contribution in [2.45, 2.75) is 30.2 Å². The van der Waals surface area contributed by atoms with E-state index in [1.165, 1.54) is 24.3 Å². The fraction of sp³-hybridized carbons (Fsp3) is 0.417. The highest BCUT2D eigenvalue weighted by Crippen LogP contribution is 2.35. The van der Waals surface area contributed by atoms with Crippen molar-refractivity contribution in [3.8, 4) is 0 Å². The maximum atomic E-state index is 11.9. The van der Waals surface area contributed by atoms with Crippen LogP contribution in [-0.4, -0.2) is 25.5 Å². The zero-order valence-electron chi connectivity index (χ0n) is 9.64. The molecule has 92 valence electrons. The fourth-order valence-corrected chi connectivity index (χ4v) is 2.51. The maximum absolute atomic E-state index is 11.9. The van der Waals surface area contributed by atoms with Gasteiger partial charge < -0.3 is 5.73 Å². The van der Waals surface area contributed by atoms with E-state index in [2.05, 4.69) is 0 Å². The van der Waals surface area contributed by atoms with E-state index in [0.29, 0.717) is 18.4 Å². The third-order valence-corrected chi connectivity index (χ3v) is 4.85. The molecule has 0 atom stereocenters. The third kappa shape index (κ3) is 2.25. The number of carbonyl (C=O) groups is 1. The molecule has 17 heavy (non-hydrogen) atoms. The van der Waals surface area contributed by atoms with Gasteiger partial charge in [-0.2, -0.15) is 0 Å². The molecule has 1 saturated carbocycles. The SMILES string of the molecule is CCS(=O)(=O)c1ccc(C(=O)C2(N)CC2)cc1. The van der Waals surface area contributed by atoms with E-state index in [9.17, 15) is 13.2 Å². The third-order valence-electron chi connectivity index (χ3n) is 3.10. The van der Waals surface area contributed by atoms with E-state index < -0.39 is 15.4 Å². The molecule has 0 saturated heterocycles. The Hall–Kier alpha value is -1.20. The quantitative estimate of drug-likeness (QED) is 0.817. The Labute approximate surface area is 101 Å². The molecule has 1 aliphatic carbocycles. The molecule has 0 bridgehead atoms. The summed E-state index contributed by atoms with van der Waals surface area (Å²) in [6, 6.07) is 6.02. The first-order chi connectivity index (χ1) is 7.89. The van der Waals surface area contributed by atoms with Gasteiger partial charge in [0, 0.05) is 5.56 Å². The standard InChI is InChI=1S/C12H15NO3S/c1-2-17(15,16)10-5-3-9(4-6-10)11(14)12(13)7-8-12/h3-6H,2,7-8,13H2,1H3. The topological polar surface area (TPSA) is 77.2 Å². The van der Waals surface area contributed by atoms with Crippen molar-refractivity contribution in [2.75, 3.05) is 5.75 Å². The maximum Gasteiger partial charge on any atom is 0.182 e. The van der Waals surface area contributed by atoms with E-state index >= 15 is 0 Å². The molecule has 2 N–H and O–H groups in total. The number of hydrogen-bond donors (Lipinski definition) is 1. The van der Waals surface area contributed by atoms with E-state index in [1.54, 1.807) is 6.92 Å². The molecule has 1 aliphatic rings. The molecular formula is C12H15NO3S. The van der Waals surface area contributed by atoms with Gasteiger partial charge in [0.1, 0.15) is 0 Å². The van der Waals surface area contributed by atoms with Crippen LogP contribution < -0.4 is 5.73 Å². The summed E-state index contributed by atoms with van der Waals surface area (Å²) in [6.45, 7) is 1.59. The molecule has 1 aromatic rings. The second-order valence-corrected chi connectivity index (χ2v) is 6.69.